The molecule has 4 unspecified atom stereocenters. The molecule has 0 saturated carbocycles. The topological polar surface area (TPSA) is 122 Å². The molecule has 0 rings (SSSR count). The van der Waals surface area contributed by atoms with E-state index in [1.165, 1.54) is 0 Å². The molecule has 0 aromatic heterocycles. The Morgan fingerprint density at radius 3 is 0.938 bits per heavy atom. The predicted molar refractivity (Wildman–Crippen MR) is 191 cm³/mol. The molecule has 0 aliphatic heterocycles. The van der Waals surface area contributed by atoms with Crippen molar-refractivity contribution in [2.45, 2.75) is 139 Å². The fourth-order valence-electron chi connectivity index (χ4n) is 3.75. The van der Waals surface area contributed by atoms with Crippen LogP contribution in [0.4, 0.5) is 0 Å². The molecule has 1 N–H and O–H groups in total. The minimum Gasteiger partial charge on any atom is -0.394 e. The first-order valence-corrected chi connectivity index (χ1v) is 18.2. The first-order chi connectivity index (χ1) is 22.9. The van der Waals surface area contributed by atoms with Crippen LogP contribution in [0.15, 0.2) is 0 Å². The Bertz CT molecular complexity index is 547. The van der Waals surface area contributed by atoms with Crippen molar-refractivity contribution in [3.8, 4) is 0 Å². The van der Waals surface area contributed by atoms with Crippen LogP contribution >= 0.6 is 0 Å². The van der Waals surface area contributed by atoms with Gasteiger partial charge in [-0.25, -0.2) is 0 Å². The number of ether oxygens (including phenoxy) is 11. The molecule has 0 aromatic carbocycles. The summed E-state index contributed by atoms with van der Waals surface area (Å²) >= 11 is 0. The summed E-state index contributed by atoms with van der Waals surface area (Å²) in [7, 11) is 0. The third-order valence-electron chi connectivity index (χ3n) is 5.64. The van der Waals surface area contributed by atoms with E-state index < -0.39 is 0 Å². The van der Waals surface area contributed by atoms with E-state index in [1.807, 2.05) is 90.0 Å². The smallest absolute Gasteiger partial charge is 0.104 e. The summed E-state index contributed by atoms with van der Waals surface area (Å²) in [6.45, 7) is 34.1. The van der Waals surface area contributed by atoms with Gasteiger partial charge in [-0.15, -0.1) is 0 Å². The number of aliphatic hydroxyl groups excluding tert-OH is 1. The summed E-state index contributed by atoms with van der Waals surface area (Å²) in [6, 6.07) is 0. The van der Waals surface area contributed by atoms with E-state index in [1.54, 1.807) is 0 Å². The molecule has 0 bridgehead atoms. The van der Waals surface area contributed by atoms with Gasteiger partial charge >= 0.3 is 0 Å². The lowest BCUT2D eigenvalue weighted by molar-refractivity contribution is -0.122. The van der Waals surface area contributed by atoms with Crippen LogP contribution in [0.25, 0.3) is 0 Å². The van der Waals surface area contributed by atoms with Crippen molar-refractivity contribution >= 4 is 0 Å². The largest absolute Gasteiger partial charge is 0.394 e. The lowest BCUT2D eigenvalue weighted by Gasteiger charge is -2.25. The Kier molecular flexibility index (Phi) is 42.5. The van der Waals surface area contributed by atoms with E-state index >= 15 is 0 Å². The molecule has 0 aromatic rings. The average Bonchev–Trinajstić information content (AvgIpc) is 3.02. The highest BCUT2D eigenvalue weighted by molar-refractivity contribution is 4.63. The molecule has 0 heterocycles. The van der Waals surface area contributed by atoms with Crippen molar-refractivity contribution in [2.75, 3.05) is 99.1 Å². The normalized spacial score (nSPS) is 14.1. The van der Waals surface area contributed by atoms with Crippen LogP contribution in [-0.2, 0) is 52.1 Å². The monoisotopic (exact) mass is 703 g/mol. The maximum absolute atomic E-state index is 8.07. The van der Waals surface area contributed by atoms with Gasteiger partial charge in [-0.05, 0) is 90.0 Å². The molecule has 294 valence electrons. The molecule has 0 aliphatic carbocycles. The van der Waals surface area contributed by atoms with Crippen LogP contribution < -0.4 is 0 Å². The molecule has 0 saturated heterocycles. The molecule has 4 atom stereocenters. The summed E-state index contributed by atoms with van der Waals surface area (Å²) in [5, 5.41) is 8.07. The zero-order valence-electron chi connectivity index (χ0n) is 33.2. The van der Waals surface area contributed by atoms with Crippen LogP contribution in [0.5, 0.6) is 0 Å². The van der Waals surface area contributed by atoms with E-state index in [-0.39, 0.29) is 55.4 Å². The number of hydrogen-bond donors (Lipinski definition) is 1. The van der Waals surface area contributed by atoms with E-state index in [0.29, 0.717) is 92.5 Å². The quantitative estimate of drug-likeness (QED) is 0.0939. The third kappa shape index (κ3) is 41.7. The van der Waals surface area contributed by atoms with Gasteiger partial charge in [0, 0.05) is 33.0 Å². The third-order valence-corrected chi connectivity index (χ3v) is 5.64. The van der Waals surface area contributed by atoms with Gasteiger partial charge in [0.25, 0.3) is 0 Å². The predicted octanol–water partition coefficient (Wildman–Crippen LogP) is 5.34. The zero-order chi connectivity index (χ0) is 37.0. The van der Waals surface area contributed by atoms with Gasteiger partial charge in [0.1, 0.15) is 24.4 Å². The van der Waals surface area contributed by atoms with E-state index in [0.717, 1.165) is 0 Å². The van der Waals surface area contributed by atoms with Crippen LogP contribution in [0.1, 0.15) is 90.0 Å². The van der Waals surface area contributed by atoms with Gasteiger partial charge in [0.05, 0.1) is 90.5 Å². The van der Waals surface area contributed by atoms with E-state index in [2.05, 4.69) is 0 Å². The molecule has 0 spiro atoms. The standard InChI is InChI=1S/C18H38O5.C14H30O5.C4H10O2/c1-13(2)20-11-17(22-15(5)6)9-19-10-18(23-16(7)8)12-21-14(3)4;1-5-15-9-13(18-7-3)11-17-12-14(19-8-4)10-16-6-2;1-2-6-4-3-5/h13-18H,9-12H2,1-8H3;13-14H,5-12H2,1-4H3;5H,2-4H2,1H3. The fourth-order valence-corrected chi connectivity index (χ4v) is 3.75. The minimum absolute atomic E-state index is 0.0145. The van der Waals surface area contributed by atoms with Crippen LogP contribution in [0.2, 0.25) is 0 Å². The number of rotatable bonds is 31. The first kappa shape index (κ1) is 51.9. The van der Waals surface area contributed by atoms with Crippen molar-refractivity contribution < 1.29 is 57.2 Å². The second kappa shape index (κ2) is 39.3. The molecule has 0 fully saturated rings. The van der Waals surface area contributed by atoms with Crippen molar-refractivity contribution in [1.29, 1.82) is 0 Å². The molecular formula is C36H78O12. The average molecular weight is 703 g/mol. The van der Waals surface area contributed by atoms with Gasteiger partial charge < -0.3 is 57.2 Å². The van der Waals surface area contributed by atoms with Crippen LogP contribution in [-0.4, -0.2) is 153 Å². The van der Waals surface area contributed by atoms with Crippen LogP contribution in [0, 0.1) is 0 Å². The summed E-state index contributed by atoms with van der Waals surface area (Å²) in [5.41, 5.74) is 0. The van der Waals surface area contributed by atoms with Crippen molar-refractivity contribution in [1.82, 2.24) is 0 Å². The minimum atomic E-state index is -0.0666. The Morgan fingerprint density at radius 1 is 0.354 bits per heavy atom. The van der Waals surface area contributed by atoms with Gasteiger partial charge in [-0.1, -0.05) is 0 Å². The molecule has 12 heteroatoms. The lowest BCUT2D eigenvalue weighted by Crippen LogP contribution is -2.34. The Labute approximate surface area is 295 Å². The maximum atomic E-state index is 8.07. The Hall–Kier alpha value is -0.480. The summed E-state index contributed by atoms with van der Waals surface area (Å²) < 4.78 is 61.0. The van der Waals surface area contributed by atoms with Gasteiger partial charge in [0.2, 0.25) is 0 Å². The second-order valence-electron chi connectivity index (χ2n) is 11.8. The highest BCUT2D eigenvalue weighted by Gasteiger charge is 2.17. The summed E-state index contributed by atoms with van der Waals surface area (Å²) in [4.78, 5) is 0. The van der Waals surface area contributed by atoms with Gasteiger partial charge in [-0.3, -0.25) is 0 Å². The van der Waals surface area contributed by atoms with Gasteiger partial charge in [-0.2, -0.15) is 0 Å². The highest BCUT2D eigenvalue weighted by Crippen LogP contribution is 2.06. The SMILES string of the molecule is CC(C)OCC(COCC(COC(C)C)OC(C)C)OC(C)C.CCOCC(COCC(COCC)OCC)OCC.CCOCCO. The van der Waals surface area contributed by atoms with Crippen molar-refractivity contribution in [3.05, 3.63) is 0 Å². The van der Waals surface area contributed by atoms with Crippen LogP contribution in [0.3, 0.4) is 0 Å². The van der Waals surface area contributed by atoms with Gasteiger partial charge in [0.15, 0.2) is 0 Å². The number of aliphatic hydroxyl groups is 1. The molecule has 0 aliphatic rings. The molecule has 12 nitrogen and oxygen atoms in total. The first-order valence-electron chi connectivity index (χ1n) is 18.2. The molecule has 0 radical (unpaired) electrons. The van der Waals surface area contributed by atoms with Crippen molar-refractivity contribution in [3.63, 3.8) is 0 Å². The molecule has 48 heavy (non-hydrogen) atoms. The van der Waals surface area contributed by atoms with Crippen molar-refractivity contribution in [2.24, 2.45) is 0 Å². The Balaban J connectivity index is -0.000000729. The Morgan fingerprint density at radius 2 is 0.688 bits per heavy atom. The highest BCUT2D eigenvalue weighted by atomic mass is 16.6. The summed E-state index contributed by atoms with van der Waals surface area (Å²) in [6.07, 6.45) is 0.497. The number of hydrogen-bond acceptors (Lipinski definition) is 12. The second-order valence-corrected chi connectivity index (χ2v) is 11.8. The van der Waals surface area contributed by atoms with E-state index in [9.17, 15) is 0 Å². The molecular weight excluding hydrogens is 624 g/mol. The summed E-state index contributed by atoms with van der Waals surface area (Å²) in [5.74, 6) is 0. The maximum Gasteiger partial charge on any atom is 0.104 e. The van der Waals surface area contributed by atoms with E-state index in [4.69, 9.17) is 57.2 Å². The fraction of sp³-hybridized carbons (Fsp3) is 1.00. The zero-order valence-corrected chi connectivity index (χ0v) is 33.2. The lowest BCUT2D eigenvalue weighted by atomic mass is 10.3. The molecule has 0 amide bonds.